The highest BCUT2D eigenvalue weighted by Crippen LogP contribution is 2.39. The van der Waals surface area contributed by atoms with Crippen molar-refractivity contribution in [3.8, 4) is 5.75 Å². The van der Waals surface area contributed by atoms with Crippen LogP contribution in [0, 0.1) is 17.8 Å². The van der Waals surface area contributed by atoms with Crippen molar-refractivity contribution in [2.75, 3.05) is 0 Å². The summed E-state index contributed by atoms with van der Waals surface area (Å²) in [5.74, 6) is 2.13. The zero-order valence-electron chi connectivity index (χ0n) is 15.3. The molecule has 0 amide bonds. The Morgan fingerprint density at radius 3 is 2.27 bits per heavy atom. The van der Waals surface area contributed by atoms with Crippen molar-refractivity contribution in [3.05, 3.63) is 48.1 Å². The van der Waals surface area contributed by atoms with Gasteiger partial charge in [0.25, 0.3) is 0 Å². The lowest BCUT2D eigenvalue weighted by Gasteiger charge is -2.33. The van der Waals surface area contributed by atoms with E-state index in [1.165, 1.54) is 50.7 Å². The van der Waals surface area contributed by atoms with Gasteiger partial charge in [0.2, 0.25) is 0 Å². The van der Waals surface area contributed by atoms with Gasteiger partial charge in [0.05, 0.1) is 0 Å². The molecule has 0 aromatic heterocycles. The molecule has 1 saturated carbocycles. The molecule has 0 radical (unpaired) electrons. The Morgan fingerprint density at radius 1 is 1.04 bits per heavy atom. The monoisotopic (exact) mass is 364 g/mol. The van der Waals surface area contributed by atoms with Crippen molar-refractivity contribution in [1.29, 1.82) is 0 Å². The molecule has 4 heteroatoms. The van der Waals surface area contributed by atoms with Gasteiger partial charge in [-0.15, -0.1) is 13.2 Å². The Morgan fingerprint density at radius 2 is 1.73 bits per heavy atom. The molecule has 0 heterocycles. The maximum absolute atomic E-state index is 12.2. The number of rotatable bonds is 5. The number of hydrogen-bond acceptors (Lipinski definition) is 1. The van der Waals surface area contributed by atoms with Crippen molar-refractivity contribution in [2.24, 2.45) is 17.8 Å². The van der Waals surface area contributed by atoms with E-state index in [4.69, 9.17) is 0 Å². The van der Waals surface area contributed by atoms with E-state index in [9.17, 15) is 13.2 Å². The van der Waals surface area contributed by atoms with Gasteiger partial charge in [0, 0.05) is 0 Å². The first kappa shape index (κ1) is 19.1. The van der Waals surface area contributed by atoms with Crippen LogP contribution >= 0.6 is 0 Å². The van der Waals surface area contributed by atoms with Crippen LogP contribution in [0.4, 0.5) is 13.2 Å². The van der Waals surface area contributed by atoms with Crippen LogP contribution in [0.5, 0.6) is 5.75 Å². The van der Waals surface area contributed by atoms with Crippen molar-refractivity contribution >= 4 is 5.57 Å². The fourth-order valence-corrected chi connectivity index (χ4v) is 4.36. The minimum atomic E-state index is -4.64. The normalized spacial score (nSPS) is 26.5. The van der Waals surface area contributed by atoms with Crippen molar-refractivity contribution in [2.45, 2.75) is 58.2 Å². The number of hydrogen-bond donors (Lipinski definition) is 0. The van der Waals surface area contributed by atoms with Gasteiger partial charge < -0.3 is 4.74 Å². The number of ether oxygens (including phenoxy) is 1. The molecule has 0 saturated heterocycles. The van der Waals surface area contributed by atoms with E-state index >= 15 is 0 Å². The number of benzene rings is 1. The van der Waals surface area contributed by atoms with Crippen LogP contribution in [-0.2, 0) is 0 Å². The molecule has 3 rings (SSSR count). The zero-order valence-corrected chi connectivity index (χ0v) is 15.3. The summed E-state index contributed by atoms with van der Waals surface area (Å²) in [7, 11) is 0. The molecule has 0 spiro atoms. The SMILES string of the molecule is CCCC1CCC(C2C=CC(c3ccc(OC(F)(F)F)cc3)=CC2)CC1. The van der Waals surface area contributed by atoms with Gasteiger partial charge >= 0.3 is 6.36 Å². The van der Waals surface area contributed by atoms with Gasteiger partial charge in [-0.3, -0.25) is 0 Å². The maximum atomic E-state index is 12.2. The van der Waals surface area contributed by atoms with Crippen LogP contribution in [-0.4, -0.2) is 6.36 Å². The van der Waals surface area contributed by atoms with Gasteiger partial charge in [-0.05, 0) is 60.3 Å². The minimum Gasteiger partial charge on any atom is -0.406 e. The van der Waals surface area contributed by atoms with Crippen LogP contribution in [0.2, 0.25) is 0 Å². The molecule has 142 valence electrons. The summed E-state index contributed by atoms with van der Waals surface area (Å²) < 4.78 is 40.6. The Bertz CT molecular complexity index is 634. The largest absolute Gasteiger partial charge is 0.573 e. The van der Waals surface area contributed by atoms with E-state index in [2.05, 4.69) is 29.9 Å². The molecule has 0 N–H and O–H groups in total. The summed E-state index contributed by atoms with van der Waals surface area (Å²) in [5, 5.41) is 0. The predicted molar refractivity (Wildman–Crippen MR) is 98.7 cm³/mol. The van der Waals surface area contributed by atoms with E-state index < -0.39 is 6.36 Å². The third-order valence-electron chi connectivity index (χ3n) is 5.75. The van der Waals surface area contributed by atoms with Crippen LogP contribution in [0.25, 0.3) is 5.57 Å². The summed E-state index contributed by atoms with van der Waals surface area (Å²) in [5.41, 5.74) is 2.01. The predicted octanol–water partition coefficient (Wildman–Crippen LogP) is 7.15. The summed E-state index contributed by atoms with van der Waals surface area (Å²) in [6.07, 6.45) is 11.1. The number of halogens is 3. The molecule has 2 aliphatic rings. The quantitative estimate of drug-likeness (QED) is 0.539. The topological polar surface area (TPSA) is 9.23 Å². The fraction of sp³-hybridized carbons (Fsp3) is 0.545. The highest BCUT2D eigenvalue weighted by atomic mass is 19.4. The minimum absolute atomic E-state index is 0.177. The van der Waals surface area contributed by atoms with Crippen LogP contribution in [0.1, 0.15) is 57.4 Å². The summed E-state index contributed by atoms with van der Waals surface area (Å²) in [6.45, 7) is 2.27. The van der Waals surface area contributed by atoms with Crippen LogP contribution < -0.4 is 4.74 Å². The maximum Gasteiger partial charge on any atom is 0.573 e. The first-order valence-corrected chi connectivity index (χ1v) is 9.69. The lowest BCUT2D eigenvalue weighted by Crippen LogP contribution is -2.21. The molecule has 1 atom stereocenters. The van der Waals surface area contributed by atoms with Gasteiger partial charge in [-0.25, -0.2) is 0 Å². The lowest BCUT2D eigenvalue weighted by atomic mass is 9.72. The lowest BCUT2D eigenvalue weighted by molar-refractivity contribution is -0.274. The van der Waals surface area contributed by atoms with Crippen molar-refractivity contribution < 1.29 is 17.9 Å². The molecular weight excluding hydrogens is 337 g/mol. The molecule has 1 aromatic carbocycles. The summed E-state index contributed by atoms with van der Waals surface area (Å²) >= 11 is 0. The average Bonchev–Trinajstić information content (AvgIpc) is 2.62. The second-order valence-corrected chi connectivity index (χ2v) is 7.56. The van der Waals surface area contributed by atoms with E-state index in [0.717, 1.165) is 29.4 Å². The molecule has 1 aromatic rings. The molecular formula is C22H27F3O. The van der Waals surface area contributed by atoms with E-state index in [1.807, 2.05) is 0 Å². The van der Waals surface area contributed by atoms with E-state index in [-0.39, 0.29) is 5.75 Å². The second-order valence-electron chi connectivity index (χ2n) is 7.56. The van der Waals surface area contributed by atoms with Crippen molar-refractivity contribution in [1.82, 2.24) is 0 Å². The fourth-order valence-electron chi connectivity index (χ4n) is 4.36. The van der Waals surface area contributed by atoms with Crippen molar-refractivity contribution in [3.63, 3.8) is 0 Å². The smallest absolute Gasteiger partial charge is 0.406 e. The van der Waals surface area contributed by atoms with Crippen LogP contribution in [0.3, 0.4) is 0 Å². The summed E-state index contributed by atoms with van der Waals surface area (Å²) in [4.78, 5) is 0. The molecule has 1 unspecified atom stereocenters. The van der Waals surface area contributed by atoms with Gasteiger partial charge in [-0.2, -0.15) is 0 Å². The molecule has 26 heavy (non-hydrogen) atoms. The second kappa shape index (κ2) is 8.32. The molecule has 2 aliphatic carbocycles. The van der Waals surface area contributed by atoms with Gasteiger partial charge in [0.15, 0.2) is 0 Å². The van der Waals surface area contributed by atoms with Crippen LogP contribution in [0.15, 0.2) is 42.5 Å². The first-order valence-electron chi connectivity index (χ1n) is 9.69. The van der Waals surface area contributed by atoms with E-state index in [1.54, 1.807) is 12.1 Å². The average molecular weight is 364 g/mol. The third-order valence-corrected chi connectivity index (χ3v) is 5.75. The molecule has 1 nitrogen and oxygen atoms in total. The first-order chi connectivity index (χ1) is 12.4. The molecule has 0 aliphatic heterocycles. The van der Waals surface area contributed by atoms with E-state index in [0.29, 0.717) is 5.92 Å². The molecule has 0 bridgehead atoms. The number of allylic oxidation sites excluding steroid dienone is 4. The Balaban J connectivity index is 1.54. The van der Waals surface area contributed by atoms with Gasteiger partial charge in [-0.1, -0.05) is 63.0 Å². The third kappa shape index (κ3) is 5.15. The molecule has 1 fully saturated rings. The Hall–Kier alpha value is -1.71. The Kier molecular flexibility index (Phi) is 6.10. The van der Waals surface area contributed by atoms with Gasteiger partial charge in [0.1, 0.15) is 5.75 Å². The summed E-state index contributed by atoms with van der Waals surface area (Å²) in [6, 6.07) is 6.12. The highest BCUT2D eigenvalue weighted by molar-refractivity contribution is 5.75. The standard InChI is InChI=1S/C22H27F3O/c1-2-3-16-4-6-17(7-5-16)18-8-10-19(11-9-18)20-12-14-21(15-13-20)26-22(23,24)25/h8,10-18H,2-7,9H2,1H3. The Labute approximate surface area is 153 Å². The number of alkyl halides is 3. The zero-order chi connectivity index (χ0) is 18.6. The highest BCUT2D eigenvalue weighted by Gasteiger charge is 2.31.